The van der Waals surface area contributed by atoms with Crippen molar-refractivity contribution in [1.29, 1.82) is 0 Å². The van der Waals surface area contributed by atoms with E-state index in [0.29, 0.717) is 40.2 Å². The van der Waals surface area contributed by atoms with Crippen molar-refractivity contribution in [3.05, 3.63) is 81.9 Å². The average molecular weight is 667 g/mol. The number of hydrogen-bond acceptors (Lipinski definition) is 9. The largest absolute Gasteiger partial charge is 0.493 e. The van der Waals surface area contributed by atoms with Gasteiger partial charge in [0.15, 0.2) is 34.5 Å². The second-order valence-corrected chi connectivity index (χ2v) is 13.0. The number of hydrogen-bond donors (Lipinski definition) is 0. The van der Waals surface area contributed by atoms with E-state index in [0.717, 1.165) is 66.8 Å². The molecule has 7 rings (SSSR count). The molecule has 0 radical (unpaired) electrons. The van der Waals surface area contributed by atoms with E-state index in [1.165, 1.54) is 22.3 Å². The fourth-order valence-electron chi connectivity index (χ4n) is 8.13. The van der Waals surface area contributed by atoms with E-state index in [1.807, 2.05) is 12.1 Å². The Morgan fingerprint density at radius 1 is 0.633 bits per heavy atom. The van der Waals surface area contributed by atoms with Gasteiger partial charge in [-0.3, -0.25) is 9.80 Å². The van der Waals surface area contributed by atoms with Crippen molar-refractivity contribution in [1.82, 2.24) is 9.80 Å². The molecule has 0 N–H and O–H groups in total. The van der Waals surface area contributed by atoms with Crippen LogP contribution >= 0.6 is 0 Å². The zero-order valence-corrected chi connectivity index (χ0v) is 29.8. The van der Waals surface area contributed by atoms with Crippen molar-refractivity contribution in [3.8, 4) is 57.1 Å². The standard InChI is InChI=1S/C40H46N2O7/c1-41-15-13-23-11-9-10-12-26(23)29(41)18-25-20-32(43-3)34(45-5)22-31(25)49-35-19-24-17-30-36-27(14-16-42(30)2)38(46-6)40(48-8)39(47-7)37(36)28(24)21-33(35)44-4/h9-12,19-22,29-30H,13-18H2,1-8H3/t29-,30-/m0/s1. The highest BCUT2D eigenvalue weighted by molar-refractivity contribution is 5.87. The Balaban J connectivity index is 1.36. The molecule has 0 aromatic heterocycles. The molecule has 4 aromatic rings. The maximum Gasteiger partial charge on any atom is 0.204 e. The van der Waals surface area contributed by atoms with E-state index in [1.54, 1.807) is 42.7 Å². The van der Waals surface area contributed by atoms with Gasteiger partial charge >= 0.3 is 0 Å². The van der Waals surface area contributed by atoms with Crippen molar-refractivity contribution in [2.24, 2.45) is 0 Å². The zero-order valence-electron chi connectivity index (χ0n) is 29.8. The van der Waals surface area contributed by atoms with E-state index in [-0.39, 0.29) is 12.1 Å². The first-order valence-corrected chi connectivity index (χ1v) is 16.8. The number of ether oxygens (including phenoxy) is 7. The molecular formula is C40H46N2O7. The molecule has 0 saturated carbocycles. The van der Waals surface area contributed by atoms with E-state index >= 15 is 0 Å². The fourth-order valence-corrected chi connectivity index (χ4v) is 8.13. The van der Waals surface area contributed by atoms with E-state index in [9.17, 15) is 0 Å². The van der Waals surface area contributed by atoms with Crippen LogP contribution in [0.2, 0.25) is 0 Å². The van der Waals surface area contributed by atoms with Crippen LogP contribution in [0.15, 0.2) is 48.5 Å². The van der Waals surface area contributed by atoms with Crippen molar-refractivity contribution >= 4 is 0 Å². The van der Waals surface area contributed by atoms with Crippen LogP contribution in [0.3, 0.4) is 0 Å². The summed E-state index contributed by atoms with van der Waals surface area (Å²) in [5.74, 6) is 5.24. The smallest absolute Gasteiger partial charge is 0.204 e. The highest BCUT2D eigenvalue weighted by Gasteiger charge is 2.40. The van der Waals surface area contributed by atoms with Gasteiger partial charge in [-0.05, 0) is 85.8 Å². The molecule has 258 valence electrons. The quantitative estimate of drug-likeness (QED) is 0.177. The van der Waals surface area contributed by atoms with Crippen molar-refractivity contribution < 1.29 is 33.2 Å². The lowest BCUT2D eigenvalue weighted by Gasteiger charge is -2.41. The predicted octanol–water partition coefficient (Wildman–Crippen LogP) is 7.05. The Labute approximate surface area is 289 Å². The minimum absolute atomic E-state index is 0.139. The van der Waals surface area contributed by atoms with Gasteiger partial charge in [0.05, 0.1) is 42.7 Å². The molecule has 2 atom stereocenters. The SMILES string of the molecule is COc1cc(C[C@H]2c3ccccc3CCN2C)c(Oc2cc3c(cc2OC)-c2c(OC)c(OC)c(OC)c4c2[C@H](C3)N(C)CC4)cc1OC. The lowest BCUT2D eigenvalue weighted by atomic mass is 9.76. The highest BCUT2D eigenvalue weighted by Crippen LogP contribution is 2.58. The normalized spacial score (nSPS) is 18.1. The summed E-state index contributed by atoms with van der Waals surface area (Å²) < 4.78 is 42.4. The second kappa shape index (κ2) is 13.4. The molecule has 49 heavy (non-hydrogen) atoms. The maximum atomic E-state index is 6.90. The molecule has 0 spiro atoms. The first kappa shape index (κ1) is 32.9. The van der Waals surface area contributed by atoms with Crippen LogP contribution in [0.1, 0.15) is 45.5 Å². The average Bonchev–Trinajstić information content (AvgIpc) is 3.13. The molecular weight excluding hydrogens is 620 g/mol. The van der Waals surface area contributed by atoms with Gasteiger partial charge in [-0.25, -0.2) is 0 Å². The fraction of sp³-hybridized carbons (Fsp3) is 0.400. The second-order valence-electron chi connectivity index (χ2n) is 13.0. The third kappa shape index (κ3) is 5.49. The lowest BCUT2D eigenvalue weighted by molar-refractivity contribution is 0.222. The van der Waals surface area contributed by atoms with Gasteiger partial charge in [0.25, 0.3) is 0 Å². The summed E-state index contributed by atoms with van der Waals surface area (Å²) in [4.78, 5) is 4.83. The number of rotatable bonds is 10. The predicted molar refractivity (Wildman–Crippen MR) is 190 cm³/mol. The number of nitrogens with zero attached hydrogens (tertiary/aromatic N) is 2. The van der Waals surface area contributed by atoms with Crippen LogP contribution in [-0.4, -0.2) is 79.6 Å². The minimum atomic E-state index is 0.139. The van der Waals surface area contributed by atoms with Crippen LogP contribution in [0.25, 0.3) is 11.1 Å². The van der Waals surface area contributed by atoms with Gasteiger partial charge in [-0.15, -0.1) is 0 Å². The van der Waals surface area contributed by atoms with Crippen LogP contribution in [0.4, 0.5) is 0 Å². The van der Waals surface area contributed by atoms with Gasteiger partial charge in [-0.2, -0.15) is 0 Å². The van der Waals surface area contributed by atoms with Crippen LogP contribution in [0.5, 0.6) is 46.0 Å². The van der Waals surface area contributed by atoms with E-state index < -0.39 is 0 Å². The molecule has 1 aliphatic carbocycles. The molecule has 3 aliphatic rings. The summed E-state index contributed by atoms with van der Waals surface area (Å²) in [6.07, 6.45) is 3.43. The monoisotopic (exact) mass is 666 g/mol. The van der Waals surface area contributed by atoms with Crippen LogP contribution in [0, 0.1) is 0 Å². The third-order valence-electron chi connectivity index (χ3n) is 10.7. The van der Waals surface area contributed by atoms with E-state index in [2.05, 4.69) is 60.3 Å². The lowest BCUT2D eigenvalue weighted by Crippen LogP contribution is -2.36. The molecule has 9 heteroatoms. The molecule has 2 aliphatic heterocycles. The summed E-state index contributed by atoms with van der Waals surface area (Å²) in [6, 6.07) is 17.2. The number of benzene rings is 4. The summed E-state index contributed by atoms with van der Waals surface area (Å²) >= 11 is 0. The number of methoxy groups -OCH3 is 6. The van der Waals surface area contributed by atoms with Gasteiger partial charge in [0.1, 0.15) is 5.75 Å². The Morgan fingerprint density at radius 2 is 1.31 bits per heavy atom. The van der Waals surface area contributed by atoms with E-state index in [4.69, 9.17) is 33.2 Å². The van der Waals surface area contributed by atoms with Gasteiger partial charge in [0.2, 0.25) is 5.75 Å². The number of likely N-dealkylation sites (N-methyl/N-ethyl adjacent to an activating group) is 2. The van der Waals surface area contributed by atoms with Crippen molar-refractivity contribution in [3.63, 3.8) is 0 Å². The minimum Gasteiger partial charge on any atom is -0.493 e. The Morgan fingerprint density at radius 3 is 2.02 bits per heavy atom. The molecule has 0 fully saturated rings. The van der Waals surface area contributed by atoms with Crippen LogP contribution < -0.4 is 33.2 Å². The number of fused-ring (bicyclic) bond motifs is 3. The molecule has 2 heterocycles. The summed E-state index contributed by atoms with van der Waals surface area (Å²) in [5.41, 5.74) is 9.36. The Hall–Kier alpha value is -4.60. The molecule has 0 saturated heterocycles. The van der Waals surface area contributed by atoms with Crippen LogP contribution in [-0.2, 0) is 25.7 Å². The van der Waals surface area contributed by atoms with Gasteiger partial charge in [-0.1, -0.05) is 24.3 Å². The first-order valence-electron chi connectivity index (χ1n) is 16.8. The summed E-state index contributed by atoms with van der Waals surface area (Å²) in [5, 5.41) is 0. The third-order valence-corrected chi connectivity index (χ3v) is 10.7. The first-order chi connectivity index (χ1) is 23.8. The molecule has 0 amide bonds. The Bertz CT molecular complexity index is 1890. The maximum absolute atomic E-state index is 6.90. The summed E-state index contributed by atoms with van der Waals surface area (Å²) in [7, 11) is 14.4. The zero-order chi connectivity index (χ0) is 34.4. The van der Waals surface area contributed by atoms with Crippen molar-refractivity contribution in [2.45, 2.75) is 37.8 Å². The van der Waals surface area contributed by atoms with Crippen molar-refractivity contribution in [2.75, 3.05) is 69.8 Å². The van der Waals surface area contributed by atoms with Gasteiger partial charge in [0, 0.05) is 47.9 Å². The van der Waals surface area contributed by atoms with Gasteiger partial charge < -0.3 is 33.2 Å². The molecule has 0 bridgehead atoms. The molecule has 0 unspecified atom stereocenters. The topological polar surface area (TPSA) is 71.1 Å². The Kier molecular flexibility index (Phi) is 8.98. The molecule has 4 aromatic carbocycles. The summed E-state index contributed by atoms with van der Waals surface area (Å²) in [6.45, 7) is 1.90. The molecule has 9 nitrogen and oxygen atoms in total. The highest BCUT2D eigenvalue weighted by atomic mass is 16.5.